The van der Waals surface area contributed by atoms with Gasteiger partial charge >= 0.3 is 0 Å². The molecule has 1 aliphatic heterocycles. The van der Waals surface area contributed by atoms with Crippen LogP contribution in [0, 0.1) is 18.4 Å². The van der Waals surface area contributed by atoms with Crippen LogP contribution >= 0.6 is 0 Å². The highest BCUT2D eigenvalue weighted by Crippen LogP contribution is 2.17. The van der Waals surface area contributed by atoms with Gasteiger partial charge in [0.2, 0.25) is 0 Å². The molecule has 0 saturated carbocycles. The fourth-order valence-corrected chi connectivity index (χ4v) is 2.85. The lowest BCUT2D eigenvalue weighted by atomic mass is 10.0. The Hall–Kier alpha value is -1.53. The Balaban J connectivity index is 2.21. The summed E-state index contributed by atoms with van der Waals surface area (Å²) in [5.74, 6) is 3.42. The van der Waals surface area contributed by atoms with Crippen LogP contribution in [0.1, 0.15) is 34.3 Å². The number of amides is 1. The van der Waals surface area contributed by atoms with E-state index in [9.17, 15) is 4.79 Å². The predicted molar refractivity (Wildman–Crippen MR) is 86.5 cm³/mol. The minimum atomic E-state index is -1.35. The molecule has 106 valence electrons. The molecular weight excluding hydrogens is 262 g/mol. The zero-order valence-corrected chi connectivity index (χ0v) is 13.9. The van der Waals surface area contributed by atoms with Crippen molar-refractivity contribution in [3.63, 3.8) is 0 Å². The summed E-state index contributed by atoms with van der Waals surface area (Å²) in [7, 11) is -1.35. The van der Waals surface area contributed by atoms with E-state index in [2.05, 4.69) is 31.1 Å². The fourth-order valence-electron chi connectivity index (χ4n) is 2.33. The number of carbonyl (C=O) groups is 1. The summed E-state index contributed by atoms with van der Waals surface area (Å²) in [5, 5.41) is 0. The van der Waals surface area contributed by atoms with Gasteiger partial charge in [0.1, 0.15) is 8.07 Å². The highest BCUT2D eigenvalue weighted by molar-refractivity contribution is 6.83. The van der Waals surface area contributed by atoms with Gasteiger partial charge in [0.15, 0.2) is 0 Å². The molecule has 0 atom stereocenters. The van der Waals surface area contributed by atoms with E-state index in [4.69, 9.17) is 0 Å². The van der Waals surface area contributed by atoms with Crippen molar-refractivity contribution in [2.24, 2.45) is 0 Å². The van der Waals surface area contributed by atoms with Crippen LogP contribution in [-0.4, -0.2) is 32.0 Å². The number of hydrogen-bond donors (Lipinski definition) is 0. The highest BCUT2D eigenvalue weighted by atomic mass is 28.3. The summed E-state index contributed by atoms with van der Waals surface area (Å²) < 4.78 is 0. The molecule has 1 aromatic carbocycles. The van der Waals surface area contributed by atoms with Crippen LogP contribution in [-0.2, 0) is 0 Å². The van der Waals surface area contributed by atoms with Crippen molar-refractivity contribution in [3.05, 3.63) is 34.9 Å². The fraction of sp³-hybridized carbons (Fsp3) is 0.471. The minimum absolute atomic E-state index is 0.171. The first kappa shape index (κ1) is 14.9. The Morgan fingerprint density at radius 1 is 1.20 bits per heavy atom. The summed E-state index contributed by atoms with van der Waals surface area (Å²) in [6, 6.07) is 5.95. The van der Waals surface area contributed by atoms with Crippen LogP contribution in [0.15, 0.2) is 18.2 Å². The van der Waals surface area contributed by atoms with Gasteiger partial charge in [-0.2, -0.15) is 0 Å². The molecule has 0 bridgehead atoms. The second-order valence-corrected chi connectivity index (χ2v) is 11.3. The molecule has 1 aliphatic rings. The highest BCUT2D eigenvalue weighted by Gasteiger charge is 2.20. The molecule has 0 aliphatic carbocycles. The molecule has 1 saturated heterocycles. The smallest absolute Gasteiger partial charge is 0.254 e. The lowest BCUT2D eigenvalue weighted by Crippen LogP contribution is -2.28. The number of likely N-dealkylation sites (tertiary alicyclic amines) is 1. The summed E-state index contributed by atoms with van der Waals surface area (Å²) in [6.45, 7) is 10.5. The molecule has 0 aromatic heterocycles. The average molecular weight is 285 g/mol. The summed E-state index contributed by atoms with van der Waals surface area (Å²) >= 11 is 0. The van der Waals surface area contributed by atoms with Crippen molar-refractivity contribution >= 4 is 14.0 Å². The Morgan fingerprint density at radius 2 is 1.85 bits per heavy atom. The van der Waals surface area contributed by atoms with Crippen molar-refractivity contribution < 1.29 is 4.79 Å². The first-order valence-electron chi connectivity index (χ1n) is 7.30. The quantitative estimate of drug-likeness (QED) is 0.571. The summed E-state index contributed by atoms with van der Waals surface area (Å²) in [5.41, 5.74) is 6.24. The van der Waals surface area contributed by atoms with Crippen molar-refractivity contribution in [3.8, 4) is 11.5 Å². The molecule has 0 N–H and O–H groups in total. The predicted octanol–water partition coefficient (Wildman–Crippen LogP) is 3.46. The van der Waals surface area contributed by atoms with E-state index in [1.165, 1.54) is 0 Å². The third-order valence-electron chi connectivity index (χ3n) is 3.43. The molecular formula is C17H23NOSi. The monoisotopic (exact) mass is 285 g/mol. The standard InChI is InChI=1S/C17H23NOSi/c1-14-13-15(9-12-20(2,3)4)7-8-16(14)17(19)18-10-5-6-11-18/h7-8,13H,5-6,10-11H2,1-4H3. The van der Waals surface area contributed by atoms with Gasteiger partial charge in [-0.3, -0.25) is 4.79 Å². The van der Waals surface area contributed by atoms with Crippen LogP contribution < -0.4 is 0 Å². The topological polar surface area (TPSA) is 20.3 Å². The van der Waals surface area contributed by atoms with E-state index < -0.39 is 8.07 Å². The second-order valence-electron chi connectivity index (χ2n) is 6.53. The van der Waals surface area contributed by atoms with E-state index in [1.54, 1.807) is 0 Å². The summed E-state index contributed by atoms with van der Waals surface area (Å²) in [4.78, 5) is 14.3. The van der Waals surface area contributed by atoms with E-state index >= 15 is 0 Å². The SMILES string of the molecule is Cc1cc(C#C[Si](C)(C)C)ccc1C(=O)N1CCCC1. The molecule has 1 amide bonds. The molecule has 1 heterocycles. The third-order valence-corrected chi connectivity index (χ3v) is 4.31. The molecule has 2 nitrogen and oxygen atoms in total. The molecule has 0 radical (unpaired) electrons. The minimum Gasteiger partial charge on any atom is -0.339 e. The van der Waals surface area contributed by atoms with Gasteiger partial charge < -0.3 is 4.90 Å². The number of carbonyl (C=O) groups excluding carboxylic acids is 1. The van der Waals surface area contributed by atoms with Gasteiger partial charge in [-0.1, -0.05) is 25.6 Å². The number of aryl methyl sites for hydroxylation is 1. The number of rotatable bonds is 1. The Labute approximate surface area is 123 Å². The van der Waals surface area contributed by atoms with E-state index in [1.807, 2.05) is 30.0 Å². The zero-order valence-electron chi connectivity index (χ0n) is 12.9. The maximum atomic E-state index is 12.4. The molecule has 1 aromatic rings. The third kappa shape index (κ3) is 3.74. The van der Waals surface area contributed by atoms with Gasteiger partial charge in [0.05, 0.1) is 0 Å². The van der Waals surface area contributed by atoms with Crippen LogP contribution in [0.4, 0.5) is 0 Å². The molecule has 2 rings (SSSR count). The molecule has 0 unspecified atom stereocenters. The van der Waals surface area contributed by atoms with Crippen LogP contribution in [0.25, 0.3) is 0 Å². The zero-order chi connectivity index (χ0) is 14.8. The first-order valence-corrected chi connectivity index (χ1v) is 10.8. The van der Waals surface area contributed by atoms with Crippen molar-refractivity contribution in [2.45, 2.75) is 39.4 Å². The van der Waals surface area contributed by atoms with Gasteiger partial charge in [0, 0.05) is 24.2 Å². The van der Waals surface area contributed by atoms with Crippen LogP contribution in [0.5, 0.6) is 0 Å². The van der Waals surface area contributed by atoms with E-state index in [0.717, 1.165) is 42.6 Å². The average Bonchev–Trinajstić information content (AvgIpc) is 2.88. The maximum absolute atomic E-state index is 12.4. The summed E-state index contributed by atoms with van der Waals surface area (Å²) in [6.07, 6.45) is 2.26. The van der Waals surface area contributed by atoms with Crippen LogP contribution in [0.3, 0.4) is 0 Å². The van der Waals surface area contributed by atoms with Gasteiger partial charge in [-0.15, -0.1) is 5.54 Å². The first-order chi connectivity index (χ1) is 9.37. The largest absolute Gasteiger partial charge is 0.339 e. The normalized spacial score (nSPS) is 14.9. The second kappa shape index (κ2) is 5.84. The van der Waals surface area contributed by atoms with Crippen molar-refractivity contribution in [1.29, 1.82) is 0 Å². The lowest BCUT2D eigenvalue weighted by molar-refractivity contribution is 0.0792. The van der Waals surface area contributed by atoms with E-state index in [0.29, 0.717) is 0 Å². The van der Waals surface area contributed by atoms with Gasteiger partial charge in [-0.05, 0) is 43.5 Å². The number of benzene rings is 1. The Kier molecular flexibility index (Phi) is 4.34. The van der Waals surface area contributed by atoms with Gasteiger partial charge in [0.25, 0.3) is 5.91 Å². The Morgan fingerprint density at radius 3 is 2.40 bits per heavy atom. The number of hydrogen-bond acceptors (Lipinski definition) is 1. The van der Waals surface area contributed by atoms with Crippen molar-refractivity contribution in [1.82, 2.24) is 4.90 Å². The molecule has 20 heavy (non-hydrogen) atoms. The Bertz CT molecular complexity index is 569. The van der Waals surface area contributed by atoms with E-state index in [-0.39, 0.29) is 5.91 Å². The lowest BCUT2D eigenvalue weighted by Gasteiger charge is -2.16. The van der Waals surface area contributed by atoms with Crippen molar-refractivity contribution in [2.75, 3.05) is 13.1 Å². The molecule has 0 spiro atoms. The number of nitrogens with zero attached hydrogens (tertiary/aromatic N) is 1. The van der Waals surface area contributed by atoms with Gasteiger partial charge in [-0.25, -0.2) is 0 Å². The maximum Gasteiger partial charge on any atom is 0.254 e. The van der Waals surface area contributed by atoms with Crippen LogP contribution in [0.2, 0.25) is 19.6 Å². The molecule has 1 fully saturated rings. The molecule has 3 heteroatoms.